The molecule has 0 radical (unpaired) electrons. The second-order valence-corrected chi connectivity index (χ2v) is 13.5. The molecule has 0 aromatic carbocycles. The van der Waals surface area contributed by atoms with Crippen LogP contribution >= 0.6 is 11.6 Å². The standard InChI is InChI=1S/C27H45ClO/c1-17(2)7-6-8-18(3)21-9-10-22-20-15-24-27(29-24)16-19(28)11-14-26(27,5)23(20)12-13-25(21,22)4/h17-24H,6-16H2,1-5H3/t18-,19-,20+,21+,22-,23+,24+,25+,26-,27+/m1/s1. The van der Waals surface area contributed by atoms with Gasteiger partial charge in [0.25, 0.3) is 0 Å². The first kappa shape index (κ1) is 21.1. The summed E-state index contributed by atoms with van der Waals surface area (Å²) in [6, 6.07) is 0. The average Bonchev–Trinajstić information content (AvgIpc) is 3.22. The van der Waals surface area contributed by atoms with Crippen LogP contribution < -0.4 is 0 Å². The van der Waals surface area contributed by atoms with Crippen molar-refractivity contribution in [1.29, 1.82) is 0 Å². The first-order valence-electron chi connectivity index (χ1n) is 13.0. The van der Waals surface area contributed by atoms with Gasteiger partial charge in [-0.25, -0.2) is 0 Å². The van der Waals surface area contributed by atoms with Gasteiger partial charge in [-0.1, -0.05) is 53.9 Å². The lowest BCUT2D eigenvalue weighted by molar-refractivity contribution is -0.0996. The van der Waals surface area contributed by atoms with E-state index in [4.69, 9.17) is 16.3 Å². The van der Waals surface area contributed by atoms with E-state index in [9.17, 15) is 0 Å². The third kappa shape index (κ3) is 3.02. The molecule has 0 bridgehead atoms. The van der Waals surface area contributed by atoms with E-state index in [1.54, 1.807) is 0 Å². The molecule has 166 valence electrons. The Hall–Kier alpha value is 0.250. The molecule has 1 heterocycles. The van der Waals surface area contributed by atoms with Gasteiger partial charge in [-0.15, -0.1) is 11.6 Å². The van der Waals surface area contributed by atoms with Crippen molar-refractivity contribution in [2.75, 3.05) is 0 Å². The fourth-order valence-electron chi connectivity index (χ4n) is 9.65. The lowest BCUT2D eigenvalue weighted by atomic mass is 9.44. The Morgan fingerprint density at radius 1 is 0.966 bits per heavy atom. The summed E-state index contributed by atoms with van der Waals surface area (Å²) < 4.78 is 6.58. The molecule has 29 heavy (non-hydrogen) atoms. The molecule has 1 saturated heterocycles. The van der Waals surface area contributed by atoms with Crippen LogP contribution in [0.3, 0.4) is 0 Å². The zero-order valence-electron chi connectivity index (χ0n) is 19.7. The minimum absolute atomic E-state index is 0.161. The van der Waals surface area contributed by atoms with Crippen LogP contribution in [0.25, 0.3) is 0 Å². The van der Waals surface area contributed by atoms with Gasteiger partial charge in [0, 0.05) is 10.8 Å². The van der Waals surface area contributed by atoms with E-state index in [0.717, 1.165) is 41.9 Å². The van der Waals surface area contributed by atoms with Gasteiger partial charge in [-0.05, 0) is 92.3 Å². The molecule has 10 atom stereocenters. The molecule has 5 aliphatic rings. The van der Waals surface area contributed by atoms with Crippen LogP contribution in [0.5, 0.6) is 0 Å². The number of hydrogen-bond donors (Lipinski definition) is 0. The Labute approximate surface area is 185 Å². The van der Waals surface area contributed by atoms with E-state index in [1.807, 2.05) is 0 Å². The van der Waals surface area contributed by atoms with Crippen molar-refractivity contribution in [2.45, 2.75) is 122 Å². The van der Waals surface area contributed by atoms with E-state index in [1.165, 1.54) is 64.2 Å². The molecule has 0 aromatic rings. The third-order valence-corrected chi connectivity index (χ3v) is 11.6. The van der Waals surface area contributed by atoms with Crippen LogP contribution in [-0.2, 0) is 4.74 Å². The molecule has 0 unspecified atom stereocenters. The summed E-state index contributed by atoms with van der Waals surface area (Å²) in [5.41, 5.74) is 1.15. The first-order valence-corrected chi connectivity index (χ1v) is 13.5. The molecule has 4 aliphatic carbocycles. The molecular weight excluding hydrogens is 376 g/mol. The van der Waals surface area contributed by atoms with Gasteiger partial charge in [-0.3, -0.25) is 0 Å². The molecule has 1 nitrogen and oxygen atoms in total. The van der Waals surface area contributed by atoms with E-state index in [2.05, 4.69) is 34.6 Å². The predicted octanol–water partition coefficient (Wildman–Crippen LogP) is 7.85. The van der Waals surface area contributed by atoms with Crippen molar-refractivity contribution in [2.24, 2.45) is 46.3 Å². The number of alkyl halides is 1. The van der Waals surface area contributed by atoms with Crippen molar-refractivity contribution in [3.63, 3.8) is 0 Å². The topological polar surface area (TPSA) is 12.5 Å². The summed E-state index contributed by atoms with van der Waals surface area (Å²) in [5.74, 6) is 5.47. The molecule has 0 N–H and O–H groups in total. The highest BCUT2D eigenvalue weighted by Crippen LogP contribution is 2.74. The van der Waals surface area contributed by atoms with Gasteiger partial charge in [0.05, 0.1) is 6.10 Å². The first-order chi connectivity index (χ1) is 13.7. The van der Waals surface area contributed by atoms with E-state index < -0.39 is 0 Å². The van der Waals surface area contributed by atoms with Gasteiger partial charge < -0.3 is 4.74 Å². The smallest absolute Gasteiger partial charge is 0.102 e. The average molecular weight is 421 g/mol. The van der Waals surface area contributed by atoms with Gasteiger partial charge >= 0.3 is 0 Å². The molecule has 1 spiro atoms. The number of rotatable bonds is 5. The fourth-order valence-corrected chi connectivity index (χ4v) is 9.99. The molecule has 0 amide bonds. The minimum Gasteiger partial charge on any atom is -0.365 e. The normalized spacial score (nSPS) is 54.3. The number of fused-ring (bicyclic) bond motifs is 4. The largest absolute Gasteiger partial charge is 0.365 e. The zero-order chi connectivity index (χ0) is 20.6. The van der Waals surface area contributed by atoms with Crippen LogP contribution in [0, 0.1) is 46.3 Å². The van der Waals surface area contributed by atoms with Crippen molar-refractivity contribution in [3.05, 3.63) is 0 Å². The quantitative estimate of drug-likeness (QED) is 0.325. The van der Waals surface area contributed by atoms with E-state index in [0.29, 0.717) is 22.3 Å². The maximum absolute atomic E-state index is 6.64. The Bertz CT molecular complexity index is 632. The second kappa shape index (κ2) is 7.13. The zero-order valence-corrected chi connectivity index (χ0v) is 20.4. The number of halogens is 1. The Balaban J connectivity index is 1.33. The van der Waals surface area contributed by atoms with Crippen molar-refractivity contribution in [1.82, 2.24) is 0 Å². The van der Waals surface area contributed by atoms with Crippen molar-refractivity contribution >= 4 is 11.6 Å². The Kier molecular flexibility index (Phi) is 5.19. The molecular formula is C27H45ClO. The molecule has 4 saturated carbocycles. The molecule has 1 aliphatic heterocycles. The molecule has 2 heteroatoms. The van der Waals surface area contributed by atoms with Gasteiger partial charge in [-0.2, -0.15) is 0 Å². The fraction of sp³-hybridized carbons (Fsp3) is 1.00. The summed E-state index contributed by atoms with van der Waals surface area (Å²) in [7, 11) is 0. The monoisotopic (exact) mass is 420 g/mol. The lowest BCUT2D eigenvalue weighted by Crippen LogP contribution is -2.58. The predicted molar refractivity (Wildman–Crippen MR) is 122 cm³/mol. The van der Waals surface area contributed by atoms with Crippen LogP contribution in [-0.4, -0.2) is 17.1 Å². The van der Waals surface area contributed by atoms with Crippen LogP contribution in [0.4, 0.5) is 0 Å². The SMILES string of the molecule is CC(C)CCC[C@@H](C)[C@@H]1CC[C@@H]2[C@@H]3C[C@@H]4O[C@@]45C[C@H](Cl)CC[C@]5(C)[C@H]3CC[C@]21C. The lowest BCUT2D eigenvalue weighted by Gasteiger charge is -2.59. The summed E-state index contributed by atoms with van der Waals surface area (Å²) in [5, 5.41) is 0.348. The maximum Gasteiger partial charge on any atom is 0.102 e. The highest BCUT2D eigenvalue weighted by Gasteiger charge is 2.75. The van der Waals surface area contributed by atoms with E-state index in [-0.39, 0.29) is 5.60 Å². The van der Waals surface area contributed by atoms with Crippen molar-refractivity contribution < 1.29 is 4.74 Å². The highest BCUT2D eigenvalue weighted by atomic mass is 35.5. The van der Waals surface area contributed by atoms with E-state index >= 15 is 0 Å². The Morgan fingerprint density at radius 2 is 1.76 bits per heavy atom. The van der Waals surface area contributed by atoms with Crippen LogP contribution in [0.2, 0.25) is 0 Å². The highest BCUT2D eigenvalue weighted by molar-refractivity contribution is 6.20. The van der Waals surface area contributed by atoms with Gasteiger partial charge in [0.1, 0.15) is 5.60 Å². The summed E-state index contributed by atoms with van der Waals surface area (Å²) in [6.07, 6.45) is 15.7. The molecule has 0 aromatic heterocycles. The molecule has 5 fully saturated rings. The molecule has 5 rings (SSSR count). The number of hydrogen-bond acceptors (Lipinski definition) is 1. The maximum atomic E-state index is 6.64. The second-order valence-electron chi connectivity index (χ2n) is 12.9. The number of ether oxygens (including phenoxy) is 1. The third-order valence-electron chi connectivity index (χ3n) is 11.2. The summed E-state index contributed by atoms with van der Waals surface area (Å²) in [4.78, 5) is 0. The minimum atomic E-state index is 0.161. The van der Waals surface area contributed by atoms with Gasteiger partial charge in [0.15, 0.2) is 0 Å². The number of epoxide rings is 1. The van der Waals surface area contributed by atoms with Crippen LogP contribution in [0.1, 0.15) is 105 Å². The van der Waals surface area contributed by atoms with Crippen LogP contribution in [0.15, 0.2) is 0 Å². The summed E-state index contributed by atoms with van der Waals surface area (Å²) >= 11 is 6.64. The Morgan fingerprint density at radius 3 is 2.52 bits per heavy atom. The summed E-state index contributed by atoms with van der Waals surface area (Å²) in [6.45, 7) is 12.7. The van der Waals surface area contributed by atoms with Gasteiger partial charge in [0.2, 0.25) is 0 Å². The van der Waals surface area contributed by atoms with Crippen molar-refractivity contribution in [3.8, 4) is 0 Å².